The van der Waals surface area contributed by atoms with Crippen molar-refractivity contribution in [1.82, 2.24) is 10.6 Å². The molecule has 25 heteroatoms. The van der Waals surface area contributed by atoms with Crippen LogP contribution < -0.4 is 16.4 Å². The number of nitrogens with one attached hydrogen (secondary N) is 2. The maximum Gasteiger partial charge on any atom is 0.257 e. The molecule has 12 nitrogen and oxygen atoms in total. The standard InChI is InChI=1S/C22H21F3N2O2S.C22H22F2N2O3S.C19H4.C15H17F3N2OS.CH4.H4P2/c1-13-18-10-16(11-23)29-12-22(18,17-8-7-15(24)9-19(17)25)27-21(30-13)26-20(28)14-5-3-2-4-6-14;1-13-18-10-16(11-27)29-12-22(18,17-8-7-15(23)9-19(17)24)26-21(30-13)25-20(28)14-5-3-2-4-6-14;1-3-5-7-9-11-13-15-17-19-18-16-14-12-10-8-6-4-2;1-8-12-5-10(6-16)21-7-15(12,20-14(19)22-8)11-3-2-9(17)4-13(11)18;;1-2/h2-9,13,16,18H,10-12H2,1H3,(H,26,27,28);2-9,13,16,18,27H,10-12H2,1H3,(H,25,26,28);1H,2H3;2-4,8,10,12H,5-7H2,1H3,(H2,19,20);1H4;1-2H2/t2*13-,16-,18+,22-;;8-,10-,12+,15-;;/m11.1../s1. The smallest absolute Gasteiger partial charge is 0.257 e. The third kappa shape index (κ3) is 22.1. The number of halogens is 8. The highest BCUT2D eigenvalue weighted by molar-refractivity contribution is 8.15. The first-order valence-corrected chi connectivity index (χ1v) is 37.0. The number of aliphatic imine (C=N–C) groups is 3. The molecule has 6 aliphatic rings. The quantitative estimate of drug-likeness (QED) is 0.0666. The van der Waals surface area contributed by atoms with Gasteiger partial charge in [-0.05, 0) is 163 Å². The average Bonchev–Trinajstić information content (AvgIpc) is 0.735. The van der Waals surface area contributed by atoms with Crippen LogP contribution in [0, 0.1) is 160 Å². The van der Waals surface area contributed by atoms with Crippen LogP contribution >= 0.6 is 53.1 Å². The van der Waals surface area contributed by atoms with Gasteiger partial charge in [0.1, 0.15) is 64.9 Å². The fraction of sp³-hybridized carbons (Fsp3) is 0.329. The third-order valence-corrected chi connectivity index (χ3v) is 20.1. The highest BCUT2D eigenvalue weighted by Crippen LogP contribution is 2.53. The van der Waals surface area contributed by atoms with E-state index in [-0.39, 0.29) is 102 Å². The fourth-order valence-electron chi connectivity index (χ4n) is 12.2. The molecule has 6 aliphatic heterocycles. The minimum absolute atomic E-state index is 0. The van der Waals surface area contributed by atoms with Crippen molar-refractivity contribution in [3.8, 4) is 107 Å². The number of carbonyl (C=O) groups is 2. The van der Waals surface area contributed by atoms with E-state index in [1.807, 2.05) is 32.9 Å². The molecule has 0 spiro atoms. The van der Waals surface area contributed by atoms with E-state index in [4.69, 9.17) is 36.4 Å². The maximum atomic E-state index is 14.9. The summed E-state index contributed by atoms with van der Waals surface area (Å²) in [6, 6.07) is 27.6. The van der Waals surface area contributed by atoms with Gasteiger partial charge in [-0.1, -0.05) is 124 Å². The summed E-state index contributed by atoms with van der Waals surface area (Å²) in [4.78, 5) is 39.2. The molecule has 0 radical (unpaired) electrons. The molecule has 104 heavy (non-hydrogen) atoms. The van der Waals surface area contributed by atoms with Crippen LogP contribution in [0.1, 0.15) is 91.8 Å². The van der Waals surface area contributed by atoms with E-state index < -0.39 is 77.1 Å². The highest BCUT2D eigenvalue weighted by Gasteiger charge is 2.55. The number of aliphatic hydroxyl groups excluding tert-OH is 1. The third-order valence-electron chi connectivity index (χ3n) is 16.8. The fourth-order valence-corrected chi connectivity index (χ4v) is 15.8. The predicted octanol–water partition coefficient (Wildman–Crippen LogP) is 12.9. The number of benzene rings is 5. The zero-order chi connectivity index (χ0) is 74.5. The van der Waals surface area contributed by atoms with Crippen LogP contribution in [0.25, 0.3) is 0 Å². The number of fused-ring (bicyclic) bond motifs is 3. The highest BCUT2D eigenvalue weighted by atomic mass is 32.2. The molecular formula is C79H72F8N6O6P2S3. The lowest BCUT2D eigenvalue weighted by Crippen LogP contribution is -2.54. The van der Waals surface area contributed by atoms with Gasteiger partial charge in [0.15, 0.2) is 15.5 Å². The molecule has 0 aliphatic carbocycles. The summed E-state index contributed by atoms with van der Waals surface area (Å²) in [6.07, 6.45) is 4.67. The number of terminal acetylenes is 1. The normalized spacial score (nSPS) is 24.5. The van der Waals surface area contributed by atoms with E-state index in [1.165, 1.54) is 71.7 Å². The molecule has 6 heterocycles. The zero-order valence-electron chi connectivity index (χ0n) is 55.9. The molecule has 0 saturated carbocycles. The van der Waals surface area contributed by atoms with E-state index in [2.05, 4.69) is 134 Å². The molecule has 538 valence electrons. The van der Waals surface area contributed by atoms with E-state index in [9.17, 15) is 49.8 Å². The van der Waals surface area contributed by atoms with Crippen LogP contribution in [0.2, 0.25) is 0 Å². The Bertz CT molecular complexity index is 4420. The topological polar surface area (TPSA) is 169 Å². The zero-order valence-corrected chi connectivity index (χ0v) is 60.7. The predicted molar refractivity (Wildman–Crippen MR) is 405 cm³/mol. The number of aliphatic hydroxyl groups is 1. The second kappa shape index (κ2) is 41.5. The first kappa shape index (κ1) is 84.0. The van der Waals surface area contributed by atoms with Crippen molar-refractivity contribution in [2.45, 2.75) is 105 Å². The van der Waals surface area contributed by atoms with E-state index in [1.54, 1.807) is 55.5 Å². The largest absolute Gasteiger partial charge is 0.394 e. The number of thioether (sulfide) groups is 3. The van der Waals surface area contributed by atoms with E-state index in [0.717, 1.165) is 18.2 Å². The Kier molecular flexibility index (Phi) is 33.6. The molecule has 3 saturated heterocycles. The number of alkyl halides is 2. The van der Waals surface area contributed by atoms with Gasteiger partial charge >= 0.3 is 0 Å². The molecule has 5 aromatic carbocycles. The Morgan fingerprint density at radius 2 is 0.837 bits per heavy atom. The molecule has 0 bridgehead atoms. The van der Waals surface area contributed by atoms with Crippen LogP contribution in [-0.4, -0.2) is 106 Å². The SMILES string of the molecule is C.C#CC#CC#CC#CC#CC#CC#CC#CC#CC.C[C@H]1SC(N)=N[C@@]2(c3ccc(F)cc3F)CO[C@@H](CF)C[C@@H]12.C[C@H]1SC(NC(=O)c2ccccc2)=N[C@@]2(c3ccc(F)cc3F)CO[C@@H](CF)C[C@@H]12.C[C@H]1SC(NC(=O)c2ccccc2)=N[C@@]2(c3ccc(F)cc3F)CO[C@@H](CO)C[C@@H]12.PP. The van der Waals surface area contributed by atoms with E-state index in [0.29, 0.717) is 45.9 Å². The Hall–Kier alpha value is -8.92. The summed E-state index contributed by atoms with van der Waals surface area (Å²) in [5.74, 6) is 36.6. The molecule has 3 fully saturated rings. The van der Waals surface area contributed by atoms with Crippen molar-refractivity contribution in [3.05, 3.63) is 178 Å². The molecule has 0 aromatic heterocycles. The number of hydrogen-bond acceptors (Lipinski definition) is 13. The summed E-state index contributed by atoms with van der Waals surface area (Å²) >= 11 is 4.14. The second-order valence-electron chi connectivity index (χ2n) is 23.1. The summed E-state index contributed by atoms with van der Waals surface area (Å²) in [6.45, 7) is 6.23. The summed E-state index contributed by atoms with van der Waals surface area (Å²) in [7, 11) is 4.67. The lowest BCUT2D eigenvalue weighted by molar-refractivity contribution is -0.0819. The Morgan fingerprint density at radius 3 is 1.16 bits per heavy atom. The number of amides is 2. The monoisotopic (exact) mass is 1510 g/mol. The van der Waals surface area contributed by atoms with Gasteiger partial charge in [0, 0.05) is 79.5 Å². The number of amidine groups is 3. The Balaban J connectivity index is 0.000000219. The summed E-state index contributed by atoms with van der Waals surface area (Å²) in [5, 5.41) is 16.1. The van der Waals surface area contributed by atoms with Crippen molar-refractivity contribution >= 4 is 80.5 Å². The van der Waals surface area contributed by atoms with Gasteiger partial charge in [-0.25, -0.2) is 50.1 Å². The van der Waals surface area contributed by atoms with Gasteiger partial charge in [-0.15, -0.1) is 24.3 Å². The molecular weight excluding hydrogens is 1440 g/mol. The van der Waals surface area contributed by atoms with Gasteiger partial charge in [-0.3, -0.25) is 9.59 Å². The van der Waals surface area contributed by atoms with Crippen molar-refractivity contribution < 1.29 is 64.0 Å². The van der Waals surface area contributed by atoms with Crippen LogP contribution in [0.3, 0.4) is 0 Å². The molecule has 2 unspecified atom stereocenters. The van der Waals surface area contributed by atoms with Crippen LogP contribution in [0.4, 0.5) is 35.1 Å². The lowest BCUT2D eigenvalue weighted by Gasteiger charge is -2.49. The average molecular weight is 1510 g/mol. The number of nitrogens with two attached hydrogens (primary N) is 1. The Labute approximate surface area is 619 Å². The summed E-state index contributed by atoms with van der Waals surface area (Å²) < 4.78 is 128. The molecule has 14 atom stereocenters. The van der Waals surface area contributed by atoms with Crippen LogP contribution in [0.15, 0.2) is 130 Å². The van der Waals surface area contributed by atoms with Crippen molar-refractivity contribution in [1.29, 1.82) is 0 Å². The van der Waals surface area contributed by atoms with E-state index >= 15 is 0 Å². The molecule has 5 aromatic rings. The Morgan fingerprint density at radius 1 is 0.519 bits per heavy atom. The molecule has 5 N–H and O–H groups in total. The van der Waals surface area contributed by atoms with Crippen molar-refractivity contribution in [3.63, 3.8) is 0 Å². The van der Waals surface area contributed by atoms with Gasteiger partial charge in [0.25, 0.3) is 11.8 Å². The number of ether oxygens (including phenoxy) is 3. The number of nitrogens with zero attached hydrogens (tertiary/aromatic N) is 3. The van der Waals surface area contributed by atoms with Gasteiger partial charge in [0.2, 0.25) is 0 Å². The van der Waals surface area contributed by atoms with Crippen molar-refractivity contribution in [2.75, 3.05) is 39.8 Å². The first-order chi connectivity index (χ1) is 49.7. The van der Waals surface area contributed by atoms with Crippen LogP contribution in [-0.2, 0) is 30.8 Å². The second-order valence-corrected chi connectivity index (χ2v) is 27.3. The van der Waals surface area contributed by atoms with Crippen LogP contribution in [0.5, 0.6) is 0 Å². The van der Waals surface area contributed by atoms with Crippen molar-refractivity contribution in [2.24, 2.45) is 38.5 Å². The lowest BCUT2D eigenvalue weighted by atomic mass is 9.72. The number of rotatable bonds is 8. The molecule has 2 amide bonds. The summed E-state index contributed by atoms with van der Waals surface area (Å²) in [5.41, 5.74) is 4.20. The first-order valence-electron chi connectivity index (χ1n) is 31.7. The maximum absolute atomic E-state index is 14.9. The number of carbonyl (C=O) groups excluding carboxylic acids is 2. The van der Waals surface area contributed by atoms with Gasteiger partial charge < -0.3 is 35.7 Å². The van der Waals surface area contributed by atoms with Gasteiger partial charge in [-0.2, -0.15) is 0 Å². The number of hydrogen-bond donors (Lipinski definition) is 4. The molecule has 11 rings (SSSR count). The minimum atomic E-state index is -1.17. The minimum Gasteiger partial charge on any atom is -0.394 e. The van der Waals surface area contributed by atoms with Gasteiger partial charge in [0.05, 0.1) is 44.7 Å².